The molecule has 0 N–H and O–H groups in total. The normalized spacial score (nSPS) is 14.9. The molecule has 1 saturated heterocycles. The SMILES string of the molecule is COc1cc(/C=C2\SC(=S)N(Cc3ccccc3)C2=O)ccc1OCc1ccccc1. The first-order chi connectivity index (χ1) is 15.1. The van der Waals surface area contributed by atoms with Gasteiger partial charge in [0.15, 0.2) is 11.5 Å². The van der Waals surface area contributed by atoms with Gasteiger partial charge < -0.3 is 9.47 Å². The van der Waals surface area contributed by atoms with Crippen LogP contribution < -0.4 is 9.47 Å². The number of carbonyl (C=O) groups excluding carboxylic acids is 1. The minimum absolute atomic E-state index is 0.0813. The number of thiocarbonyl (C=S) groups is 1. The van der Waals surface area contributed by atoms with E-state index in [1.165, 1.54) is 11.8 Å². The van der Waals surface area contributed by atoms with E-state index in [0.717, 1.165) is 16.7 Å². The van der Waals surface area contributed by atoms with Crippen LogP contribution in [0.3, 0.4) is 0 Å². The summed E-state index contributed by atoms with van der Waals surface area (Å²) in [6.45, 7) is 0.924. The van der Waals surface area contributed by atoms with E-state index in [0.29, 0.717) is 33.9 Å². The van der Waals surface area contributed by atoms with Crippen molar-refractivity contribution in [2.75, 3.05) is 7.11 Å². The molecule has 0 spiro atoms. The third-order valence-corrected chi connectivity index (χ3v) is 6.16. The van der Waals surface area contributed by atoms with Gasteiger partial charge in [0.25, 0.3) is 5.91 Å². The first kappa shape index (κ1) is 21.2. The van der Waals surface area contributed by atoms with Gasteiger partial charge in [0.1, 0.15) is 10.9 Å². The van der Waals surface area contributed by atoms with Crippen molar-refractivity contribution in [3.8, 4) is 11.5 Å². The zero-order chi connectivity index (χ0) is 21.6. The lowest BCUT2D eigenvalue weighted by Gasteiger charge is -2.14. The van der Waals surface area contributed by atoms with Gasteiger partial charge >= 0.3 is 0 Å². The fourth-order valence-corrected chi connectivity index (χ4v) is 4.44. The zero-order valence-corrected chi connectivity index (χ0v) is 18.6. The molecule has 0 radical (unpaired) electrons. The van der Waals surface area contributed by atoms with Crippen LogP contribution in [0.25, 0.3) is 6.08 Å². The number of methoxy groups -OCH3 is 1. The van der Waals surface area contributed by atoms with Crippen LogP contribution in [0.1, 0.15) is 16.7 Å². The smallest absolute Gasteiger partial charge is 0.266 e. The van der Waals surface area contributed by atoms with Crippen LogP contribution in [0.15, 0.2) is 83.8 Å². The first-order valence-corrected chi connectivity index (χ1v) is 11.0. The molecular formula is C25H21NO3S2. The van der Waals surface area contributed by atoms with Crippen molar-refractivity contribution in [2.45, 2.75) is 13.2 Å². The molecule has 3 aromatic carbocycles. The molecule has 1 aliphatic heterocycles. The monoisotopic (exact) mass is 447 g/mol. The van der Waals surface area contributed by atoms with Crippen LogP contribution in [-0.2, 0) is 17.9 Å². The highest BCUT2D eigenvalue weighted by molar-refractivity contribution is 8.26. The van der Waals surface area contributed by atoms with Gasteiger partial charge in [-0.1, -0.05) is 90.7 Å². The van der Waals surface area contributed by atoms with Gasteiger partial charge in [-0.15, -0.1) is 0 Å². The minimum Gasteiger partial charge on any atom is -0.493 e. The average molecular weight is 448 g/mol. The van der Waals surface area contributed by atoms with Crippen molar-refractivity contribution >= 4 is 40.3 Å². The molecule has 156 valence electrons. The Hall–Kier alpha value is -3.09. The Balaban J connectivity index is 1.49. The van der Waals surface area contributed by atoms with Gasteiger partial charge in [-0.2, -0.15) is 0 Å². The first-order valence-electron chi connectivity index (χ1n) is 9.78. The van der Waals surface area contributed by atoms with Crippen molar-refractivity contribution in [1.82, 2.24) is 4.90 Å². The second-order valence-electron chi connectivity index (χ2n) is 6.94. The molecular weight excluding hydrogens is 426 g/mol. The van der Waals surface area contributed by atoms with E-state index in [4.69, 9.17) is 21.7 Å². The number of amides is 1. The van der Waals surface area contributed by atoms with Gasteiger partial charge in [-0.3, -0.25) is 9.69 Å². The van der Waals surface area contributed by atoms with Gasteiger partial charge in [0.05, 0.1) is 18.6 Å². The topological polar surface area (TPSA) is 38.8 Å². The summed E-state index contributed by atoms with van der Waals surface area (Å²) < 4.78 is 12.0. The molecule has 0 saturated carbocycles. The molecule has 0 aliphatic carbocycles. The van der Waals surface area contributed by atoms with Crippen molar-refractivity contribution < 1.29 is 14.3 Å². The number of ether oxygens (including phenoxy) is 2. The van der Waals surface area contributed by atoms with Crippen LogP contribution in [0.5, 0.6) is 11.5 Å². The summed E-state index contributed by atoms with van der Waals surface area (Å²) in [6, 6.07) is 25.4. The van der Waals surface area contributed by atoms with Crippen LogP contribution in [0.4, 0.5) is 0 Å². The van der Waals surface area contributed by atoms with E-state index in [-0.39, 0.29) is 5.91 Å². The Morgan fingerprint density at radius 3 is 2.29 bits per heavy atom. The molecule has 1 aliphatic rings. The molecule has 4 rings (SSSR count). The van der Waals surface area contributed by atoms with Crippen LogP contribution in [-0.4, -0.2) is 22.2 Å². The third-order valence-electron chi connectivity index (χ3n) is 4.78. The molecule has 0 aromatic heterocycles. The van der Waals surface area contributed by atoms with Crippen molar-refractivity contribution in [3.05, 3.63) is 100 Å². The van der Waals surface area contributed by atoms with E-state index < -0.39 is 0 Å². The van der Waals surface area contributed by atoms with E-state index in [2.05, 4.69) is 0 Å². The lowest BCUT2D eigenvalue weighted by atomic mass is 10.1. The summed E-state index contributed by atoms with van der Waals surface area (Å²) in [4.78, 5) is 15.1. The number of thioether (sulfide) groups is 1. The third kappa shape index (κ3) is 5.16. The van der Waals surface area contributed by atoms with E-state index in [9.17, 15) is 4.79 Å². The molecule has 0 bridgehead atoms. The summed E-state index contributed by atoms with van der Waals surface area (Å²) in [5.41, 5.74) is 2.97. The maximum atomic E-state index is 12.9. The second kappa shape index (κ2) is 9.81. The van der Waals surface area contributed by atoms with Crippen LogP contribution in [0, 0.1) is 0 Å². The predicted molar refractivity (Wildman–Crippen MR) is 129 cm³/mol. The van der Waals surface area contributed by atoms with Gasteiger partial charge in [-0.25, -0.2) is 0 Å². The highest BCUT2D eigenvalue weighted by Crippen LogP contribution is 2.35. The van der Waals surface area contributed by atoms with Crippen molar-refractivity contribution in [1.29, 1.82) is 0 Å². The fourth-order valence-electron chi connectivity index (χ4n) is 3.18. The fraction of sp³-hybridized carbons (Fsp3) is 0.120. The van der Waals surface area contributed by atoms with Crippen molar-refractivity contribution in [2.24, 2.45) is 0 Å². The predicted octanol–water partition coefficient (Wildman–Crippen LogP) is 5.68. The Kier molecular flexibility index (Phi) is 6.70. The largest absolute Gasteiger partial charge is 0.493 e. The summed E-state index contributed by atoms with van der Waals surface area (Å²) in [6.07, 6.45) is 1.84. The number of rotatable bonds is 7. The number of nitrogens with zero attached hydrogens (tertiary/aromatic N) is 1. The van der Waals surface area contributed by atoms with E-state index in [1.54, 1.807) is 12.0 Å². The molecule has 3 aromatic rings. The summed E-state index contributed by atoms with van der Waals surface area (Å²) in [5, 5.41) is 0. The Morgan fingerprint density at radius 2 is 1.61 bits per heavy atom. The summed E-state index contributed by atoms with van der Waals surface area (Å²) >= 11 is 6.76. The number of carbonyl (C=O) groups is 1. The second-order valence-corrected chi connectivity index (χ2v) is 8.61. The van der Waals surface area contributed by atoms with Crippen molar-refractivity contribution in [3.63, 3.8) is 0 Å². The molecule has 4 nitrogen and oxygen atoms in total. The maximum absolute atomic E-state index is 12.9. The highest BCUT2D eigenvalue weighted by Gasteiger charge is 2.32. The molecule has 0 atom stereocenters. The quantitative estimate of drug-likeness (QED) is 0.344. The lowest BCUT2D eigenvalue weighted by molar-refractivity contribution is -0.122. The number of hydrogen-bond donors (Lipinski definition) is 0. The highest BCUT2D eigenvalue weighted by atomic mass is 32.2. The number of benzene rings is 3. The van der Waals surface area contributed by atoms with Crippen LogP contribution in [0.2, 0.25) is 0 Å². The molecule has 6 heteroatoms. The average Bonchev–Trinajstić information content (AvgIpc) is 3.06. The molecule has 1 heterocycles. The lowest BCUT2D eigenvalue weighted by Crippen LogP contribution is -2.27. The maximum Gasteiger partial charge on any atom is 0.266 e. The Bertz CT molecular complexity index is 1110. The number of hydrogen-bond acceptors (Lipinski definition) is 5. The molecule has 31 heavy (non-hydrogen) atoms. The molecule has 0 unspecified atom stereocenters. The van der Waals surface area contributed by atoms with Gasteiger partial charge in [0.2, 0.25) is 0 Å². The van der Waals surface area contributed by atoms with Gasteiger partial charge in [0, 0.05) is 0 Å². The van der Waals surface area contributed by atoms with Gasteiger partial charge in [-0.05, 0) is 34.9 Å². The Morgan fingerprint density at radius 1 is 0.935 bits per heavy atom. The zero-order valence-electron chi connectivity index (χ0n) is 17.0. The minimum atomic E-state index is -0.0813. The summed E-state index contributed by atoms with van der Waals surface area (Å²) in [7, 11) is 1.60. The summed E-state index contributed by atoms with van der Waals surface area (Å²) in [5.74, 6) is 1.19. The van der Waals surface area contributed by atoms with Crippen LogP contribution >= 0.6 is 24.0 Å². The molecule has 1 amide bonds. The Labute approximate surface area is 191 Å². The molecule has 1 fully saturated rings. The standard InChI is InChI=1S/C25H21NO3S2/c1-28-22-14-20(12-13-21(22)29-17-19-10-6-3-7-11-19)15-23-24(27)26(25(30)31-23)16-18-8-4-2-5-9-18/h2-15H,16-17H2,1H3/b23-15-. The van der Waals surface area contributed by atoms with E-state index >= 15 is 0 Å². The van der Waals surface area contributed by atoms with E-state index in [1.807, 2.05) is 84.9 Å².